The van der Waals surface area contributed by atoms with Crippen LogP contribution in [0.15, 0.2) is 48.5 Å². The highest BCUT2D eigenvalue weighted by Gasteiger charge is 2.08. The number of hydrogen-bond donors (Lipinski definition) is 2. The predicted molar refractivity (Wildman–Crippen MR) is 141 cm³/mol. The Morgan fingerprint density at radius 2 is 1.35 bits per heavy atom. The molecule has 0 bridgehead atoms. The van der Waals surface area contributed by atoms with E-state index >= 15 is 0 Å². The van der Waals surface area contributed by atoms with Crippen LogP contribution in [0.1, 0.15) is 93.0 Å². The fourth-order valence-corrected chi connectivity index (χ4v) is 3.77. The van der Waals surface area contributed by atoms with Crippen molar-refractivity contribution in [1.29, 1.82) is 0 Å². The van der Waals surface area contributed by atoms with Crippen molar-refractivity contribution in [1.82, 2.24) is 0 Å². The van der Waals surface area contributed by atoms with Gasteiger partial charge in [-0.2, -0.15) is 0 Å². The average molecular weight is 482 g/mol. The van der Waals surface area contributed by atoms with E-state index in [1.807, 2.05) is 36.4 Å². The first-order chi connectivity index (χ1) is 16.5. The summed E-state index contributed by atoms with van der Waals surface area (Å²) in [5, 5.41) is 12.8. The molecule has 2 aromatic carbocycles. The number of carbonyl (C=O) groups excluding carboxylic acids is 1. The zero-order chi connectivity index (χ0) is 24.4. The molecule has 0 aliphatic rings. The van der Waals surface area contributed by atoms with Gasteiger partial charge in [-0.05, 0) is 61.4 Å². The first kappa shape index (κ1) is 27.5. The zero-order valence-corrected chi connectivity index (χ0v) is 20.7. The monoisotopic (exact) mass is 481 g/mol. The lowest BCUT2D eigenvalue weighted by Crippen LogP contribution is -2.05. The van der Waals surface area contributed by atoms with Gasteiger partial charge in [0.25, 0.3) is 0 Å². The molecule has 5 heteroatoms. The summed E-state index contributed by atoms with van der Waals surface area (Å²) < 4.78 is 0. The molecule has 0 amide bonds. The molecular formula is C29H36ClNO3. The van der Waals surface area contributed by atoms with Gasteiger partial charge in [0, 0.05) is 41.2 Å². The highest BCUT2D eigenvalue weighted by atomic mass is 35.5. The van der Waals surface area contributed by atoms with E-state index in [2.05, 4.69) is 17.2 Å². The van der Waals surface area contributed by atoms with Crippen molar-refractivity contribution in [3.8, 4) is 11.8 Å². The van der Waals surface area contributed by atoms with Gasteiger partial charge in [0.1, 0.15) is 0 Å². The van der Waals surface area contributed by atoms with Gasteiger partial charge in [-0.25, -0.2) is 0 Å². The third-order valence-corrected chi connectivity index (χ3v) is 5.91. The lowest BCUT2D eigenvalue weighted by atomic mass is 10.1. The lowest BCUT2D eigenvalue weighted by molar-refractivity contribution is -0.136. The summed E-state index contributed by atoms with van der Waals surface area (Å²) in [7, 11) is 0. The van der Waals surface area contributed by atoms with Gasteiger partial charge in [0.2, 0.25) is 0 Å². The molecular weight excluding hydrogens is 446 g/mol. The van der Waals surface area contributed by atoms with E-state index in [0.717, 1.165) is 35.7 Å². The SMILES string of the molecule is O=C(O)CCC(=O)c1ccc(NCCCCCCCCCCCC#Cc2ccc(Cl)cc2)cc1. The second-order valence-electron chi connectivity index (χ2n) is 8.56. The molecule has 34 heavy (non-hydrogen) atoms. The van der Waals surface area contributed by atoms with E-state index in [0.29, 0.717) is 5.56 Å². The Bertz CT molecular complexity index is 927. The Balaban J connectivity index is 1.40. The molecule has 0 radical (unpaired) electrons. The number of ketones is 1. The first-order valence-corrected chi connectivity index (χ1v) is 12.8. The fraction of sp³-hybridized carbons (Fsp3) is 0.448. The van der Waals surface area contributed by atoms with Gasteiger partial charge in [-0.1, -0.05) is 68.4 Å². The maximum absolute atomic E-state index is 11.9. The van der Waals surface area contributed by atoms with Gasteiger partial charge in [-0.3, -0.25) is 9.59 Å². The Hall–Kier alpha value is -2.77. The van der Waals surface area contributed by atoms with E-state index < -0.39 is 5.97 Å². The van der Waals surface area contributed by atoms with Crippen molar-refractivity contribution in [2.45, 2.75) is 77.0 Å². The van der Waals surface area contributed by atoms with Gasteiger partial charge < -0.3 is 10.4 Å². The number of carbonyl (C=O) groups is 2. The van der Waals surface area contributed by atoms with Crippen LogP contribution in [-0.4, -0.2) is 23.4 Å². The number of benzene rings is 2. The molecule has 0 saturated carbocycles. The van der Waals surface area contributed by atoms with Crippen LogP contribution < -0.4 is 5.32 Å². The number of nitrogens with one attached hydrogen (secondary N) is 1. The number of Topliss-reactive ketones (excluding diaryl/α,β-unsaturated/α-hetero) is 1. The van der Waals surface area contributed by atoms with Gasteiger partial charge in [0.15, 0.2) is 5.78 Å². The normalized spacial score (nSPS) is 10.4. The zero-order valence-electron chi connectivity index (χ0n) is 20.0. The van der Waals surface area contributed by atoms with Crippen molar-refractivity contribution in [2.24, 2.45) is 0 Å². The van der Waals surface area contributed by atoms with Gasteiger partial charge in [-0.15, -0.1) is 0 Å². The second-order valence-corrected chi connectivity index (χ2v) is 9.00. The van der Waals surface area contributed by atoms with Crippen LogP contribution in [0.5, 0.6) is 0 Å². The molecule has 4 nitrogen and oxygen atoms in total. The summed E-state index contributed by atoms with van der Waals surface area (Å²) in [5.41, 5.74) is 2.59. The minimum Gasteiger partial charge on any atom is -0.481 e. The van der Waals surface area contributed by atoms with Crippen LogP contribution in [0.4, 0.5) is 5.69 Å². The molecule has 0 fully saturated rings. The molecule has 0 spiro atoms. The van der Waals surface area contributed by atoms with Gasteiger partial charge >= 0.3 is 5.97 Å². The summed E-state index contributed by atoms with van der Waals surface area (Å²) in [6.07, 6.45) is 12.1. The standard InChI is InChI=1S/C29H36ClNO3/c30-26-17-13-24(14-18-26)12-10-8-6-4-2-1-3-5-7-9-11-23-31-27-19-15-25(16-20-27)28(32)21-22-29(33)34/h13-20,31H,1-9,11,21-23H2,(H,33,34). The summed E-state index contributed by atoms with van der Waals surface area (Å²) in [5.74, 6) is 5.36. The van der Waals surface area contributed by atoms with Crippen LogP contribution in [0, 0.1) is 11.8 Å². The summed E-state index contributed by atoms with van der Waals surface area (Å²) in [6.45, 7) is 0.920. The Labute approximate surface area is 209 Å². The molecule has 2 N–H and O–H groups in total. The molecule has 0 heterocycles. The van der Waals surface area contributed by atoms with Crippen molar-refractivity contribution in [2.75, 3.05) is 11.9 Å². The molecule has 0 unspecified atom stereocenters. The lowest BCUT2D eigenvalue weighted by Gasteiger charge is -2.07. The number of carboxylic acids is 1. The van der Waals surface area contributed by atoms with Crippen LogP contribution in [-0.2, 0) is 4.79 Å². The second kappa shape index (κ2) is 16.8. The largest absolute Gasteiger partial charge is 0.481 e. The fourth-order valence-electron chi connectivity index (χ4n) is 3.65. The number of aliphatic carboxylic acids is 1. The van der Waals surface area contributed by atoms with E-state index in [1.54, 1.807) is 12.1 Å². The first-order valence-electron chi connectivity index (χ1n) is 12.4. The van der Waals surface area contributed by atoms with Crippen LogP contribution in [0.2, 0.25) is 5.02 Å². The van der Waals surface area contributed by atoms with Crippen LogP contribution in [0.3, 0.4) is 0 Å². The van der Waals surface area contributed by atoms with Crippen LogP contribution >= 0.6 is 11.6 Å². The Morgan fingerprint density at radius 1 is 0.765 bits per heavy atom. The number of rotatable bonds is 16. The van der Waals surface area contributed by atoms with Crippen molar-refractivity contribution < 1.29 is 14.7 Å². The van der Waals surface area contributed by atoms with Crippen molar-refractivity contribution in [3.63, 3.8) is 0 Å². The minimum atomic E-state index is -0.945. The average Bonchev–Trinajstić information content (AvgIpc) is 2.84. The number of carboxylic acid groups (broad SMARTS) is 1. The summed E-state index contributed by atoms with van der Waals surface area (Å²) in [6, 6.07) is 15.0. The number of hydrogen-bond acceptors (Lipinski definition) is 3. The maximum atomic E-state index is 11.9. The molecule has 0 atom stereocenters. The Kier molecular flexibility index (Phi) is 13.6. The molecule has 2 aromatic rings. The highest BCUT2D eigenvalue weighted by Crippen LogP contribution is 2.14. The number of halogens is 1. The Morgan fingerprint density at radius 3 is 1.97 bits per heavy atom. The molecule has 0 aromatic heterocycles. The van der Waals surface area contributed by atoms with E-state index in [-0.39, 0.29) is 18.6 Å². The van der Waals surface area contributed by atoms with E-state index in [9.17, 15) is 9.59 Å². The summed E-state index contributed by atoms with van der Waals surface area (Å²) in [4.78, 5) is 22.5. The third kappa shape index (κ3) is 12.5. The van der Waals surface area contributed by atoms with Crippen molar-refractivity contribution in [3.05, 3.63) is 64.7 Å². The smallest absolute Gasteiger partial charge is 0.303 e. The summed E-state index contributed by atoms with van der Waals surface area (Å²) >= 11 is 5.88. The molecule has 182 valence electrons. The van der Waals surface area contributed by atoms with E-state index in [4.69, 9.17) is 16.7 Å². The quantitative estimate of drug-likeness (QED) is 0.146. The molecule has 0 saturated heterocycles. The molecule has 0 aliphatic carbocycles. The number of anilines is 1. The van der Waals surface area contributed by atoms with Crippen LogP contribution in [0.25, 0.3) is 0 Å². The molecule has 0 aliphatic heterocycles. The van der Waals surface area contributed by atoms with Crippen molar-refractivity contribution >= 4 is 29.0 Å². The maximum Gasteiger partial charge on any atom is 0.303 e. The highest BCUT2D eigenvalue weighted by molar-refractivity contribution is 6.30. The van der Waals surface area contributed by atoms with Gasteiger partial charge in [0.05, 0.1) is 6.42 Å². The third-order valence-electron chi connectivity index (χ3n) is 5.66. The van der Waals surface area contributed by atoms with E-state index in [1.165, 1.54) is 51.4 Å². The predicted octanol–water partition coefficient (Wildman–Crippen LogP) is 7.75. The topological polar surface area (TPSA) is 66.4 Å². The molecule has 2 rings (SSSR count). The minimum absolute atomic E-state index is 0.0436. The number of unbranched alkanes of at least 4 members (excludes halogenated alkanes) is 9.